The van der Waals surface area contributed by atoms with Crippen LogP contribution in [-0.4, -0.2) is 37.4 Å². The number of phenolic OH excluding ortho intramolecular Hbond substituents is 3. The summed E-state index contributed by atoms with van der Waals surface area (Å²) < 4.78 is 12.0. The maximum atomic E-state index is 12.9. The van der Waals surface area contributed by atoms with Gasteiger partial charge in [0.25, 0.3) is 0 Å². The number of Topliss-reactive ketones (excluding diaryl/α,β-unsaturated/α-hetero) is 1. The molecule has 2 heterocycles. The first-order valence-electron chi connectivity index (χ1n) is 10.6. The van der Waals surface area contributed by atoms with Crippen LogP contribution in [0.25, 0.3) is 6.08 Å². The molecule has 32 heavy (non-hydrogen) atoms. The topological polar surface area (TPSA) is 116 Å². The van der Waals surface area contributed by atoms with Gasteiger partial charge in [0.15, 0.2) is 5.78 Å². The molecule has 0 fully saturated rings. The van der Waals surface area contributed by atoms with Crippen LogP contribution >= 0.6 is 0 Å². The number of fused-ring (bicyclic) bond motifs is 2. The van der Waals surface area contributed by atoms with Crippen molar-refractivity contribution in [2.75, 3.05) is 0 Å². The molecule has 4 rings (SSSR count). The average molecular weight is 440 g/mol. The highest BCUT2D eigenvalue weighted by Crippen LogP contribution is 2.48. The molecule has 0 saturated carbocycles. The molecule has 0 amide bonds. The van der Waals surface area contributed by atoms with Gasteiger partial charge in [0.1, 0.15) is 46.0 Å². The average Bonchev–Trinajstić information content (AvgIpc) is 2.64. The van der Waals surface area contributed by atoms with Crippen LogP contribution in [0.4, 0.5) is 0 Å². The lowest BCUT2D eigenvalue weighted by molar-refractivity contribution is 0.0705. The van der Waals surface area contributed by atoms with Crippen LogP contribution in [0.2, 0.25) is 0 Å². The maximum Gasteiger partial charge on any atom is 0.174 e. The molecule has 0 aromatic heterocycles. The first kappa shape index (κ1) is 22.0. The molecule has 4 N–H and O–H groups in total. The Bertz CT molecular complexity index is 1120. The van der Waals surface area contributed by atoms with E-state index >= 15 is 0 Å². The molecule has 0 bridgehead atoms. The number of carbonyl (C=O) groups excluding carboxylic acids is 1. The molecule has 0 aliphatic carbocycles. The van der Waals surface area contributed by atoms with Gasteiger partial charge in [-0.25, -0.2) is 0 Å². The summed E-state index contributed by atoms with van der Waals surface area (Å²) in [6, 6.07) is 4.35. The number of aliphatic hydroxyl groups is 1. The van der Waals surface area contributed by atoms with Crippen LogP contribution in [-0.2, 0) is 6.42 Å². The zero-order chi connectivity index (χ0) is 23.4. The Balaban J connectivity index is 1.75. The van der Waals surface area contributed by atoms with E-state index in [9.17, 15) is 25.2 Å². The fourth-order valence-corrected chi connectivity index (χ4v) is 4.06. The Morgan fingerprint density at radius 1 is 1.09 bits per heavy atom. The van der Waals surface area contributed by atoms with E-state index in [1.807, 2.05) is 26.0 Å². The third-order valence-electron chi connectivity index (χ3n) is 5.78. The van der Waals surface area contributed by atoms with Gasteiger partial charge in [-0.3, -0.25) is 4.79 Å². The number of ether oxygens (including phenoxy) is 2. The number of benzene rings is 2. The van der Waals surface area contributed by atoms with Crippen molar-refractivity contribution in [2.24, 2.45) is 0 Å². The van der Waals surface area contributed by atoms with Crippen molar-refractivity contribution in [1.82, 2.24) is 0 Å². The second kappa shape index (κ2) is 7.45. The largest absolute Gasteiger partial charge is 0.507 e. The van der Waals surface area contributed by atoms with Crippen LogP contribution in [0.1, 0.15) is 73.7 Å². The Hall–Kier alpha value is -3.19. The van der Waals surface area contributed by atoms with Gasteiger partial charge in [0.05, 0.1) is 12.0 Å². The summed E-state index contributed by atoms with van der Waals surface area (Å²) in [6.45, 7) is 7.11. The molecule has 0 spiro atoms. The first-order chi connectivity index (χ1) is 14.8. The number of ketones is 1. The lowest BCUT2D eigenvalue weighted by Crippen LogP contribution is -2.27. The summed E-state index contributed by atoms with van der Waals surface area (Å²) >= 11 is 0. The highest BCUT2D eigenvalue weighted by Gasteiger charge is 2.36. The molecular formula is C25H28O7. The molecule has 2 aromatic rings. The maximum absolute atomic E-state index is 12.9. The lowest BCUT2D eigenvalue weighted by Gasteiger charge is -2.31. The number of hydrogen-bond donors (Lipinski definition) is 4. The smallest absolute Gasteiger partial charge is 0.174 e. The third-order valence-corrected chi connectivity index (χ3v) is 5.78. The highest BCUT2D eigenvalue weighted by molar-refractivity contribution is 6.03. The van der Waals surface area contributed by atoms with E-state index in [-0.39, 0.29) is 47.2 Å². The van der Waals surface area contributed by atoms with Gasteiger partial charge in [-0.2, -0.15) is 0 Å². The molecule has 2 aliphatic heterocycles. The summed E-state index contributed by atoms with van der Waals surface area (Å²) in [6.07, 6.45) is 3.45. The van der Waals surface area contributed by atoms with Crippen LogP contribution in [0.5, 0.6) is 28.7 Å². The fourth-order valence-electron chi connectivity index (χ4n) is 4.06. The molecule has 0 unspecified atom stereocenters. The second-order valence-corrected chi connectivity index (χ2v) is 9.63. The molecule has 7 heteroatoms. The molecule has 0 radical (unpaired) electrons. The van der Waals surface area contributed by atoms with E-state index in [0.29, 0.717) is 23.3 Å². The Morgan fingerprint density at radius 2 is 1.81 bits per heavy atom. The van der Waals surface area contributed by atoms with Gasteiger partial charge in [-0.05, 0) is 52.7 Å². The van der Waals surface area contributed by atoms with Crippen LogP contribution in [0, 0.1) is 0 Å². The van der Waals surface area contributed by atoms with Crippen molar-refractivity contribution in [3.05, 3.63) is 46.5 Å². The first-order valence-corrected chi connectivity index (χ1v) is 10.6. The molecule has 2 aliphatic rings. The Morgan fingerprint density at radius 3 is 2.50 bits per heavy atom. The third kappa shape index (κ3) is 4.12. The zero-order valence-corrected chi connectivity index (χ0v) is 18.6. The second-order valence-electron chi connectivity index (χ2n) is 9.63. The number of carbonyl (C=O) groups is 1. The molecule has 170 valence electrons. The predicted molar refractivity (Wildman–Crippen MR) is 119 cm³/mol. The van der Waals surface area contributed by atoms with Crippen molar-refractivity contribution in [3.8, 4) is 28.7 Å². The van der Waals surface area contributed by atoms with Crippen molar-refractivity contribution in [1.29, 1.82) is 0 Å². The number of rotatable bonds is 4. The quantitative estimate of drug-likeness (QED) is 0.557. The zero-order valence-electron chi connectivity index (χ0n) is 18.6. The van der Waals surface area contributed by atoms with Crippen molar-refractivity contribution < 1.29 is 34.7 Å². The summed E-state index contributed by atoms with van der Waals surface area (Å²) in [5, 5.41) is 41.5. The molecule has 1 atom stereocenters. The van der Waals surface area contributed by atoms with Gasteiger partial charge >= 0.3 is 0 Å². The van der Waals surface area contributed by atoms with Gasteiger partial charge in [0, 0.05) is 28.8 Å². The minimum Gasteiger partial charge on any atom is -0.507 e. The Kier molecular flexibility index (Phi) is 5.12. The fraction of sp³-hybridized carbons (Fsp3) is 0.400. The number of phenols is 3. The summed E-state index contributed by atoms with van der Waals surface area (Å²) in [5.41, 5.74) is 0.00735. The van der Waals surface area contributed by atoms with E-state index in [1.165, 1.54) is 6.07 Å². The monoisotopic (exact) mass is 440 g/mol. The van der Waals surface area contributed by atoms with E-state index in [1.54, 1.807) is 19.9 Å². The molecular weight excluding hydrogens is 412 g/mol. The normalized spacial score (nSPS) is 19.0. The van der Waals surface area contributed by atoms with E-state index in [4.69, 9.17) is 9.47 Å². The molecule has 2 aromatic carbocycles. The van der Waals surface area contributed by atoms with Crippen LogP contribution < -0.4 is 9.47 Å². The van der Waals surface area contributed by atoms with Gasteiger partial charge in [0.2, 0.25) is 0 Å². The summed E-state index contributed by atoms with van der Waals surface area (Å²) in [5.74, 6) is -0.393. The van der Waals surface area contributed by atoms with Crippen LogP contribution in [0.3, 0.4) is 0 Å². The standard InChI is InChI=1S/C25H28O7/c1-24(2,30)7-6-14-16(26)10-18(28)22-19(29)12-21(31-23(14)22)15-9-13-5-8-25(3,4)32-20(13)11-17(15)27/h5,8-11,21,26-28,30H,6-7,12H2,1-4H3/t21-/m0/s1. The summed E-state index contributed by atoms with van der Waals surface area (Å²) in [7, 11) is 0. The van der Waals surface area contributed by atoms with Gasteiger partial charge in [-0.1, -0.05) is 6.08 Å². The minimum atomic E-state index is -0.994. The van der Waals surface area contributed by atoms with Crippen LogP contribution in [0.15, 0.2) is 24.3 Å². The van der Waals surface area contributed by atoms with Gasteiger partial charge < -0.3 is 29.9 Å². The molecule has 7 nitrogen and oxygen atoms in total. The van der Waals surface area contributed by atoms with Crippen molar-refractivity contribution in [2.45, 2.75) is 64.3 Å². The highest BCUT2D eigenvalue weighted by atomic mass is 16.5. The van der Waals surface area contributed by atoms with E-state index < -0.39 is 17.3 Å². The Labute approximate surface area is 186 Å². The summed E-state index contributed by atoms with van der Waals surface area (Å²) in [4.78, 5) is 12.9. The number of aromatic hydroxyl groups is 3. The van der Waals surface area contributed by atoms with Crippen molar-refractivity contribution in [3.63, 3.8) is 0 Å². The lowest BCUT2D eigenvalue weighted by atomic mass is 9.89. The SMILES string of the molecule is CC(C)(O)CCc1c(O)cc(O)c2c1O[C@H](c1cc3c(cc1O)OC(C)(C)C=C3)CC2=O. The van der Waals surface area contributed by atoms with Crippen molar-refractivity contribution >= 4 is 11.9 Å². The van der Waals surface area contributed by atoms with Gasteiger partial charge in [-0.15, -0.1) is 0 Å². The molecule has 0 saturated heterocycles. The van der Waals surface area contributed by atoms with E-state index in [0.717, 1.165) is 11.6 Å². The number of hydrogen-bond acceptors (Lipinski definition) is 7. The van der Waals surface area contributed by atoms with E-state index in [2.05, 4.69) is 0 Å². The minimum absolute atomic E-state index is 0.00669. The predicted octanol–water partition coefficient (Wildman–Crippen LogP) is 4.40.